The Morgan fingerprint density at radius 3 is 3.18 bits per heavy atom. The SMILES string of the molecule is C[N+]1(Cc2cnc(Cl)s2)CCN/C1=N/[N+](=O)[O-]. The molecule has 0 aliphatic carbocycles. The van der Waals surface area contributed by atoms with Crippen molar-refractivity contribution in [3.05, 3.63) is 25.7 Å². The van der Waals surface area contributed by atoms with Crippen LogP contribution in [0.4, 0.5) is 0 Å². The molecule has 1 aromatic rings. The fourth-order valence-corrected chi connectivity index (χ4v) is 2.91. The molecule has 1 aliphatic heterocycles. The molecule has 17 heavy (non-hydrogen) atoms. The average molecular weight is 277 g/mol. The summed E-state index contributed by atoms with van der Waals surface area (Å²) >= 11 is 7.14. The Labute approximate surface area is 106 Å². The Bertz CT molecular complexity index is 476. The molecule has 0 aromatic carbocycles. The summed E-state index contributed by atoms with van der Waals surface area (Å²) in [5.74, 6) is 0.375. The molecule has 1 atom stereocenters. The minimum Gasteiger partial charge on any atom is -0.314 e. The van der Waals surface area contributed by atoms with Gasteiger partial charge in [0.05, 0.1) is 18.5 Å². The second-order valence-electron chi connectivity index (χ2n) is 3.95. The maximum absolute atomic E-state index is 10.4. The van der Waals surface area contributed by atoms with E-state index in [9.17, 15) is 10.1 Å². The van der Waals surface area contributed by atoms with E-state index < -0.39 is 5.03 Å². The van der Waals surface area contributed by atoms with Crippen LogP contribution in [0.2, 0.25) is 4.47 Å². The molecule has 1 aromatic heterocycles. The van der Waals surface area contributed by atoms with Crippen LogP contribution in [0.1, 0.15) is 4.88 Å². The highest BCUT2D eigenvalue weighted by Gasteiger charge is 2.38. The Hall–Kier alpha value is -1.25. The minimum atomic E-state index is -0.677. The number of nitrogens with zero attached hydrogens (tertiary/aromatic N) is 4. The lowest BCUT2D eigenvalue weighted by atomic mass is 10.4. The molecule has 0 amide bonds. The van der Waals surface area contributed by atoms with Gasteiger partial charge in [0, 0.05) is 6.20 Å². The third-order valence-electron chi connectivity index (χ3n) is 2.61. The number of thiazole rings is 1. The number of hydrogen-bond acceptors (Lipinski definition) is 4. The fraction of sp³-hybridized carbons (Fsp3) is 0.500. The Morgan fingerprint density at radius 2 is 2.59 bits per heavy atom. The van der Waals surface area contributed by atoms with Crippen LogP contribution in [-0.2, 0) is 6.54 Å². The van der Waals surface area contributed by atoms with Crippen LogP contribution in [0.15, 0.2) is 11.3 Å². The zero-order chi connectivity index (χ0) is 12.5. The fourth-order valence-electron chi connectivity index (χ4n) is 1.79. The molecule has 1 N–H and O–H groups in total. The Morgan fingerprint density at radius 1 is 1.82 bits per heavy atom. The Balaban J connectivity index is 2.20. The standard InChI is InChI=1S/C8H11ClN5O2S/c1-14(5-6-4-11-7(9)17-6)3-2-10-8(14)12-13(15)16/h4H,2-3,5H2,1H3,(H,10,12)/q+1. The van der Waals surface area contributed by atoms with Gasteiger partial charge in [-0.1, -0.05) is 11.6 Å². The van der Waals surface area contributed by atoms with Crippen molar-refractivity contribution in [2.75, 3.05) is 20.1 Å². The molecular formula is C8H11ClN5O2S+. The summed E-state index contributed by atoms with van der Waals surface area (Å²) in [6.45, 7) is 2.03. The van der Waals surface area contributed by atoms with Crippen molar-refractivity contribution in [3.8, 4) is 0 Å². The second kappa shape index (κ2) is 4.55. The van der Waals surface area contributed by atoms with Gasteiger partial charge in [-0.05, 0) is 0 Å². The number of likely N-dealkylation sites (N-methyl/N-ethyl adjacent to an activating group) is 1. The van der Waals surface area contributed by atoms with Gasteiger partial charge in [-0.3, -0.25) is 4.48 Å². The zero-order valence-corrected chi connectivity index (χ0v) is 10.7. The first-order valence-electron chi connectivity index (χ1n) is 4.92. The molecule has 1 fully saturated rings. The first-order valence-corrected chi connectivity index (χ1v) is 6.11. The zero-order valence-electron chi connectivity index (χ0n) is 9.09. The molecule has 92 valence electrons. The number of hydrogen-bond donors (Lipinski definition) is 1. The van der Waals surface area contributed by atoms with E-state index in [1.54, 1.807) is 6.20 Å². The second-order valence-corrected chi connectivity index (χ2v) is 5.64. The molecule has 2 rings (SSSR count). The van der Waals surface area contributed by atoms with Crippen LogP contribution in [-0.4, -0.2) is 40.6 Å². The van der Waals surface area contributed by atoms with Crippen molar-refractivity contribution in [2.24, 2.45) is 5.10 Å². The highest BCUT2D eigenvalue weighted by molar-refractivity contribution is 7.15. The number of halogens is 1. The van der Waals surface area contributed by atoms with E-state index in [0.717, 1.165) is 11.4 Å². The van der Waals surface area contributed by atoms with E-state index in [1.807, 2.05) is 7.05 Å². The van der Waals surface area contributed by atoms with Crippen LogP contribution in [0.25, 0.3) is 0 Å². The van der Waals surface area contributed by atoms with Crippen molar-refractivity contribution in [1.82, 2.24) is 10.3 Å². The maximum Gasteiger partial charge on any atom is 0.368 e. The van der Waals surface area contributed by atoms with Gasteiger partial charge in [-0.15, -0.1) is 11.3 Å². The van der Waals surface area contributed by atoms with Crippen molar-refractivity contribution in [2.45, 2.75) is 6.54 Å². The third-order valence-corrected chi connectivity index (χ3v) is 3.71. The van der Waals surface area contributed by atoms with E-state index >= 15 is 0 Å². The molecule has 1 aliphatic rings. The van der Waals surface area contributed by atoms with E-state index in [4.69, 9.17) is 11.6 Å². The Kier molecular flexibility index (Phi) is 3.27. The van der Waals surface area contributed by atoms with Gasteiger partial charge in [0.15, 0.2) is 9.50 Å². The van der Waals surface area contributed by atoms with Crippen molar-refractivity contribution in [1.29, 1.82) is 0 Å². The number of nitrogens with one attached hydrogen (secondary N) is 1. The topological polar surface area (TPSA) is 80.4 Å². The molecule has 0 bridgehead atoms. The molecule has 0 spiro atoms. The van der Waals surface area contributed by atoms with Crippen LogP contribution in [0, 0.1) is 10.1 Å². The molecule has 9 heteroatoms. The summed E-state index contributed by atoms with van der Waals surface area (Å²) in [7, 11) is 1.90. The number of aromatic nitrogens is 1. The van der Waals surface area contributed by atoms with Crippen molar-refractivity contribution < 1.29 is 9.52 Å². The van der Waals surface area contributed by atoms with Crippen molar-refractivity contribution >= 4 is 28.9 Å². The minimum absolute atomic E-state index is 0.375. The summed E-state index contributed by atoms with van der Waals surface area (Å²) in [5, 5.41) is 16.1. The predicted molar refractivity (Wildman–Crippen MR) is 64.3 cm³/mol. The van der Waals surface area contributed by atoms with Gasteiger partial charge < -0.3 is 5.32 Å². The summed E-state index contributed by atoms with van der Waals surface area (Å²) < 4.78 is 0.853. The van der Waals surface area contributed by atoms with Gasteiger partial charge in [0.2, 0.25) is 0 Å². The maximum atomic E-state index is 10.4. The number of quaternary nitrogens is 1. The normalized spacial score (nSPS) is 26.1. The molecule has 7 nitrogen and oxygen atoms in total. The van der Waals surface area contributed by atoms with Gasteiger partial charge in [0.1, 0.15) is 18.2 Å². The van der Waals surface area contributed by atoms with Crippen LogP contribution in [0.5, 0.6) is 0 Å². The molecule has 1 unspecified atom stereocenters. The highest BCUT2D eigenvalue weighted by atomic mass is 35.5. The summed E-state index contributed by atoms with van der Waals surface area (Å²) in [6, 6.07) is 0. The lowest BCUT2D eigenvalue weighted by molar-refractivity contribution is -0.829. The van der Waals surface area contributed by atoms with Gasteiger partial charge in [0.25, 0.3) is 0 Å². The van der Waals surface area contributed by atoms with Gasteiger partial charge in [-0.25, -0.2) is 15.1 Å². The number of guanidine groups is 1. The summed E-state index contributed by atoms with van der Waals surface area (Å²) in [5.41, 5.74) is 0. The number of rotatable bonds is 3. The van der Waals surface area contributed by atoms with E-state index in [2.05, 4.69) is 15.4 Å². The smallest absolute Gasteiger partial charge is 0.314 e. The molecule has 0 radical (unpaired) electrons. The molecular weight excluding hydrogens is 266 g/mol. The van der Waals surface area contributed by atoms with E-state index in [1.165, 1.54) is 11.3 Å². The van der Waals surface area contributed by atoms with Crippen LogP contribution in [0.3, 0.4) is 0 Å². The monoisotopic (exact) mass is 276 g/mol. The molecule has 0 saturated carbocycles. The van der Waals surface area contributed by atoms with Gasteiger partial charge in [-0.2, -0.15) is 0 Å². The molecule has 1 saturated heterocycles. The molecule has 2 heterocycles. The predicted octanol–water partition coefficient (Wildman–Crippen LogP) is 0.894. The van der Waals surface area contributed by atoms with Gasteiger partial charge >= 0.3 is 5.96 Å². The first kappa shape index (κ1) is 12.2. The number of hydrazone groups is 1. The quantitative estimate of drug-likeness (QED) is 0.505. The third kappa shape index (κ3) is 2.71. The largest absolute Gasteiger partial charge is 0.368 e. The van der Waals surface area contributed by atoms with E-state index in [0.29, 0.717) is 28.0 Å². The van der Waals surface area contributed by atoms with E-state index in [-0.39, 0.29) is 0 Å². The van der Waals surface area contributed by atoms with Crippen LogP contribution < -0.4 is 5.32 Å². The highest BCUT2D eigenvalue weighted by Crippen LogP contribution is 2.23. The average Bonchev–Trinajstić information content (AvgIpc) is 2.75. The summed E-state index contributed by atoms with van der Waals surface area (Å²) in [6.07, 6.45) is 1.69. The van der Waals surface area contributed by atoms with Crippen molar-refractivity contribution in [3.63, 3.8) is 0 Å². The first-order chi connectivity index (χ1) is 7.99. The lowest BCUT2D eigenvalue weighted by Crippen LogP contribution is -2.47. The van der Waals surface area contributed by atoms with Crippen LogP contribution >= 0.6 is 22.9 Å². The lowest BCUT2D eigenvalue weighted by Gasteiger charge is -2.24. The number of nitro groups is 1. The summed E-state index contributed by atoms with van der Waals surface area (Å²) in [4.78, 5) is 15.4.